The Balaban J connectivity index is 1.57. The second kappa shape index (κ2) is 6.26. The Bertz CT molecular complexity index is 571. The standard InChI is InChI=1S/C16H21N3O2/c1-3-14(17-2)11-6-8-13(9-7-11)20-10-15-18-16(21-19-15)12-4-5-12/h6-9,12,14,17H,3-5,10H2,1-2H3. The van der Waals surface area contributed by atoms with Gasteiger partial charge in [0.15, 0.2) is 6.61 Å². The number of nitrogens with one attached hydrogen (secondary N) is 1. The highest BCUT2D eigenvalue weighted by atomic mass is 16.5. The number of hydrogen-bond donors (Lipinski definition) is 1. The molecule has 0 bridgehead atoms. The van der Waals surface area contributed by atoms with Gasteiger partial charge >= 0.3 is 0 Å². The van der Waals surface area contributed by atoms with Crippen LogP contribution in [0, 0.1) is 0 Å². The van der Waals surface area contributed by atoms with Crippen molar-refractivity contribution in [3.8, 4) is 5.75 Å². The number of rotatable bonds is 7. The highest BCUT2D eigenvalue weighted by Crippen LogP contribution is 2.38. The molecule has 1 aromatic carbocycles. The lowest BCUT2D eigenvalue weighted by Gasteiger charge is -2.14. The van der Waals surface area contributed by atoms with Crippen LogP contribution in [-0.2, 0) is 6.61 Å². The summed E-state index contributed by atoms with van der Waals surface area (Å²) in [4.78, 5) is 4.35. The van der Waals surface area contributed by atoms with Crippen LogP contribution >= 0.6 is 0 Å². The molecule has 1 heterocycles. The van der Waals surface area contributed by atoms with E-state index in [2.05, 4.69) is 34.5 Å². The van der Waals surface area contributed by atoms with E-state index in [1.165, 1.54) is 5.56 Å². The molecule has 21 heavy (non-hydrogen) atoms. The van der Waals surface area contributed by atoms with Crippen molar-refractivity contribution in [2.24, 2.45) is 0 Å². The summed E-state index contributed by atoms with van der Waals surface area (Å²) in [6.07, 6.45) is 3.38. The molecule has 0 aliphatic heterocycles. The van der Waals surface area contributed by atoms with Gasteiger partial charge in [-0.2, -0.15) is 4.98 Å². The molecule has 5 nitrogen and oxygen atoms in total. The maximum absolute atomic E-state index is 5.70. The fraction of sp³-hybridized carbons (Fsp3) is 0.500. The van der Waals surface area contributed by atoms with E-state index in [9.17, 15) is 0 Å². The number of nitrogens with zero attached hydrogens (tertiary/aromatic N) is 2. The predicted octanol–water partition coefficient (Wildman–Crippen LogP) is 3.20. The summed E-state index contributed by atoms with van der Waals surface area (Å²) in [5, 5.41) is 7.24. The third kappa shape index (κ3) is 3.42. The van der Waals surface area contributed by atoms with Crippen molar-refractivity contribution < 1.29 is 9.26 Å². The summed E-state index contributed by atoms with van der Waals surface area (Å²) in [5.74, 6) is 2.67. The Labute approximate surface area is 124 Å². The van der Waals surface area contributed by atoms with E-state index in [0.717, 1.165) is 30.9 Å². The van der Waals surface area contributed by atoms with Crippen molar-refractivity contribution >= 4 is 0 Å². The third-order valence-corrected chi connectivity index (χ3v) is 3.82. The molecule has 3 rings (SSSR count). The van der Waals surface area contributed by atoms with Gasteiger partial charge in [0.2, 0.25) is 11.7 Å². The Kier molecular flexibility index (Phi) is 4.20. The quantitative estimate of drug-likeness (QED) is 0.847. The van der Waals surface area contributed by atoms with Gasteiger partial charge in [0.1, 0.15) is 5.75 Å². The van der Waals surface area contributed by atoms with Crippen LogP contribution in [0.15, 0.2) is 28.8 Å². The summed E-state index contributed by atoms with van der Waals surface area (Å²) in [7, 11) is 1.98. The zero-order valence-corrected chi connectivity index (χ0v) is 12.5. The highest BCUT2D eigenvalue weighted by Gasteiger charge is 2.29. The molecule has 0 saturated heterocycles. The molecule has 1 N–H and O–H groups in total. The second-order valence-corrected chi connectivity index (χ2v) is 5.43. The van der Waals surface area contributed by atoms with Crippen molar-refractivity contribution in [3.05, 3.63) is 41.5 Å². The molecule has 1 aromatic heterocycles. The Morgan fingerprint density at radius 1 is 1.33 bits per heavy atom. The molecule has 1 aliphatic rings. The fourth-order valence-electron chi connectivity index (χ4n) is 2.37. The van der Waals surface area contributed by atoms with Crippen LogP contribution in [0.2, 0.25) is 0 Å². The lowest BCUT2D eigenvalue weighted by Crippen LogP contribution is -2.14. The number of hydrogen-bond acceptors (Lipinski definition) is 5. The van der Waals surface area contributed by atoms with Crippen LogP contribution in [-0.4, -0.2) is 17.2 Å². The zero-order valence-electron chi connectivity index (χ0n) is 12.5. The largest absolute Gasteiger partial charge is 0.485 e. The first kappa shape index (κ1) is 14.1. The van der Waals surface area contributed by atoms with Crippen molar-refractivity contribution in [3.63, 3.8) is 0 Å². The molecule has 2 aromatic rings. The first-order valence-corrected chi connectivity index (χ1v) is 7.52. The molecule has 1 aliphatic carbocycles. The highest BCUT2D eigenvalue weighted by molar-refractivity contribution is 5.29. The van der Waals surface area contributed by atoms with Crippen LogP contribution in [0.5, 0.6) is 5.75 Å². The van der Waals surface area contributed by atoms with E-state index in [-0.39, 0.29) is 0 Å². The van der Waals surface area contributed by atoms with Crippen molar-refractivity contribution in [1.29, 1.82) is 0 Å². The lowest BCUT2D eigenvalue weighted by molar-refractivity contribution is 0.285. The minimum atomic E-state index is 0.346. The predicted molar refractivity (Wildman–Crippen MR) is 79.1 cm³/mol. The van der Waals surface area contributed by atoms with Crippen LogP contribution in [0.4, 0.5) is 0 Å². The molecule has 1 atom stereocenters. The summed E-state index contributed by atoms with van der Waals surface area (Å²) < 4.78 is 10.9. The summed E-state index contributed by atoms with van der Waals surface area (Å²) in [5.41, 5.74) is 1.27. The number of aromatic nitrogens is 2. The van der Waals surface area contributed by atoms with E-state index >= 15 is 0 Å². The van der Waals surface area contributed by atoms with E-state index in [1.807, 2.05) is 19.2 Å². The minimum absolute atomic E-state index is 0.346. The first-order valence-electron chi connectivity index (χ1n) is 7.52. The van der Waals surface area contributed by atoms with Crippen molar-refractivity contribution in [2.45, 2.75) is 44.8 Å². The molecule has 0 amide bonds. The fourth-order valence-corrected chi connectivity index (χ4v) is 2.37. The van der Waals surface area contributed by atoms with E-state index < -0.39 is 0 Å². The zero-order chi connectivity index (χ0) is 14.7. The van der Waals surface area contributed by atoms with E-state index in [0.29, 0.717) is 24.4 Å². The Morgan fingerprint density at radius 2 is 2.10 bits per heavy atom. The molecule has 0 radical (unpaired) electrons. The molecular formula is C16H21N3O2. The van der Waals surface area contributed by atoms with Crippen molar-refractivity contribution in [2.75, 3.05) is 7.05 Å². The maximum Gasteiger partial charge on any atom is 0.229 e. The van der Waals surface area contributed by atoms with Gasteiger partial charge in [-0.25, -0.2) is 0 Å². The Hall–Kier alpha value is -1.88. The topological polar surface area (TPSA) is 60.2 Å². The van der Waals surface area contributed by atoms with Gasteiger partial charge in [-0.1, -0.05) is 24.2 Å². The third-order valence-electron chi connectivity index (χ3n) is 3.82. The summed E-state index contributed by atoms with van der Waals surface area (Å²) in [6, 6.07) is 8.53. The van der Waals surface area contributed by atoms with Crippen LogP contribution in [0.3, 0.4) is 0 Å². The van der Waals surface area contributed by atoms with Gasteiger partial charge in [0, 0.05) is 12.0 Å². The average molecular weight is 287 g/mol. The van der Waals surface area contributed by atoms with E-state index in [1.54, 1.807) is 0 Å². The van der Waals surface area contributed by atoms with Gasteiger partial charge in [-0.15, -0.1) is 0 Å². The maximum atomic E-state index is 5.70. The average Bonchev–Trinajstić information content (AvgIpc) is 3.27. The normalized spacial score (nSPS) is 15.9. The molecule has 0 spiro atoms. The smallest absolute Gasteiger partial charge is 0.229 e. The number of ether oxygens (including phenoxy) is 1. The molecular weight excluding hydrogens is 266 g/mol. The van der Waals surface area contributed by atoms with E-state index in [4.69, 9.17) is 9.26 Å². The van der Waals surface area contributed by atoms with Gasteiger partial charge in [0.05, 0.1) is 0 Å². The summed E-state index contributed by atoms with van der Waals surface area (Å²) in [6.45, 7) is 2.51. The minimum Gasteiger partial charge on any atom is -0.485 e. The molecule has 112 valence electrons. The van der Waals surface area contributed by atoms with Gasteiger partial charge in [-0.05, 0) is 44.0 Å². The Morgan fingerprint density at radius 3 is 2.71 bits per heavy atom. The summed E-state index contributed by atoms with van der Waals surface area (Å²) >= 11 is 0. The SMILES string of the molecule is CCC(NC)c1ccc(OCc2noc(C3CC3)n2)cc1. The van der Waals surface area contributed by atoms with Gasteiger partial charge < -0.3 is 14.6 Å². The van der Waals surface area contributed by atoms with Gasteiger partial charge in [0.25, 0.3) is 0 Å². The van der Waals surface area contributed by atoms with Crippen molar-refractivity contribution in [1.82, 2.24) is 15.5 Å². The molecule has 1 unspecified atom stereocenters. The number of benzene rings is 1. The van der Waals surface area contributed by atoms with Crippen LogP contribution < -0.4 is 10.1 Å². The monoisotopic (exact) mass is 287 g/mol. The second-order valence-electron chi connectivity index (χ2n) is 5.43. The van der Waals surface area contributed by atoms with Crippen LogP contribution in [0.25, 0.3) is 0 Å². The van der Waals surface area contributed by atoms with Crippen LogP contribution in [0.1, 0.15) is 55.4 Å². The lowest BCUT2D eigenvalue weighted by atomic mass is 10.1. The molecule has 5 heteroatoms. The first-order chi connectivity index (χ1) is 10.3. The molecule has 1 saturated carbocycles. The molecule has 1 fully saturated rings. The van der Waals surface area contributed by atoms with Gasteiger partial charge in [-0.3, -0.25) is 0 Å².